The van der Waals surface area contributed by atoms with E-state index in [1.54, 1.807) is 7.11 Å². The highest BCUT2D eigenvalue weighted by molar-refractivity contribution is 5.26. The van der Waals surface area contributed by atoms with Crippen molar-refractivity contribution >= 4 is 0 Å². The van der Waals surface area contributed by atoms with Gasteiger partial charge in [-0.15, -0.1) is 0 Å². The van der Waals surface area contributed by atoms with Crippen molar-refractivity contribution in [2.24, 2.45) is 0 Å². The van der Waals surface area contributed by atoms with Crippen molar-refractivity contribution in [3.63, 3.8) is 0 Å². The van der Waals surface area contributed by atoms with Crippen LogP contribution in [0.3, 0.4) is 0 Å². The van der Waals surface area contributed by atoms with Gasteiger partial charge in [0.25, 0.3) is 0 Å². The van der Waals surface area contributed by atoms with Crippen molar-refractivity contribution in [3.8, 4) is 17.6 Å². The molecule has 0 bridgehead atoms. The number of hydrogen-bond acceptors (Lipinski definition) is 3. The number of unbranched alkanes of at least 4 members (excludes halogenated alkanes) is 2. The zero-order valence-electron chi connectivity index (χ0n) is 12.4. The first-order chi connectivity index (χ1) is 9.76. The summed E-state index contributed by atoms with van der Waals surface area (Å²) in [7, 11) is 1.65. The molecule has 0 saturated carbocycles. The normalized spacial score (nSPS) is 11.6. The number of rotatable bonds is 8. The SMILES string of the molecule is CCCCC[C@H](O)C#CCOCc1ccc(OC)cc1. The highest BCUT2D eigenvalue weighted by atomic mass is 16.5. The summed E-state index contributed by atoms with van der Waals surface area (Å²) in [4.78, 5) is 0. The second kappa shape index (κ2) is 10.3. The molecule has 3 nitrogen and oxygen atoms in total. The van der Waals surface area contributed by atoms with Crippen LogP contribution >= 0.6 is 0 Å². The van der Waals surface area contributed by atoms with Gasteiger partial charge in [-0.3, -0.25) is 0 Å². The van der Waals surface area contributed by atoms with E-state index in [1.165, 1.54) is 0 Å². The number of methoxy groups -OCH3 is 1. The lowest BCUT2D eigenvalue weighted by Gasteiger charge is -2.03. The van der Waals surface area contributed by atoms with E-state index in [2.05, 4.69) is 18.8 Å². The Kier molecular flexibility index (Phi) is 8.53. The topological polar surface area (TPSA) is 38.7 Å². The third kappa shape index (κ3) is 7.18. The van der Waals surface area contributed by atoms with E-state index in [4.69, 9.17) is 9.47 Å². The first-order valence-corrected chi connectivity index (χ1v) is 7.13. The maximum Gasteiger partial charge on any atom is 0.118 e. The van der Waals surface area contributed by atoms with E-state index in [0.717, 1.165) is 37.0 Å². The molecule has 0 unspecified atom stereocenters. The zero-order valence-corrected chi connectivity index (χ0v) is 12.4. The number of aliphatic hydroxyl groups excluding tert-OH is 1. The van der Waals surface area contributed by atoms with Crippen LogP contribution < -0.4 is 4.74 Å². The van der Waals surface area contributed by atoms with E-state index in [-0.39, 0.29) is 0 Å². The van der Waals surface area contributed by atoms with Crippen molar-refractivity contribution < 1.29 is 14.6 Å². The summed E-state index contributed by atoms with van der Waals surface area (Å²) in [5, 5.41) is 9.61. The molecule has 110 valence electrons. The Bertz CT molecular complexity index is 414. The third-order valence-corrected chi connectivity index (χ3v) is 2.95. The van der Waals surface area contributed by atoms with Crippen LogP contribution in [0.2, 0.25) is 0 Å². The molecule has 1 rings (SSSR count). The van der Waals surface area contributed by atoms with Crippen LogP contribution in [0.5, 0.6) is 5.75 Å². The molecule has 3 heteroatoms. The quantitative estimate of drug-likeness (QED) is 0.585. The average Bonchev–Trinajstić information content (AvgIpc) is 2.48. The molecule has 0 saturated heterocycles. The Hall–Kier alpha value is -1.50. The lowest BCUT2D eigenvalue weighted by molar-refractivity contribution is 0.152. The van der Waals surface area contributed by atoms with Gasteiger partial charge in [-0.05, 0) is 30.5 Å². The minimum Gasteiger partial charge on any atom is -0.497 e. The van der Waals surface area contributed by atoms with E-state index in [9.17, 15) is 5.11 Å². The van der Waals surface area contributed by atoms with Crippen LogP contribution in [0.4, 0.5) is 0 Å². The Labute approximate surface area is 121 Å². The Morgan fingerprint density at radius 3 is 2.60 bits per heavy atom. The van der Waals surface area contributed by atoms with Gasteiger partial charge in [0.1, 0.15) is 18.5 Å². The molecule has 0 spiro atoms. The molecule has 0 amide bonds. The predicted octanol–water partition coefficient (Wildman–Crippen LogP) is 3.16. The minimum atomic E-state index is -0.522. The van der Waals surface area contributed by atoms with Gasteiger partial charge in [0.15, 0.2) is 0 Å². The minimum absolute atomic E-state index is 0.344. The van der Waals surface area contributed by atoms with Crippen molar-refractivity contribution in [2.45, 2.75) is 45.3 Å². The van der Waals surface area contributed by atoms with Gasteiger partial charge in [0.2, 0.25) is 0 Å². The first kappa shape index (κ1) is 16.6. The maximum atomic E-state index is 9.61. The van der Waals surface area contributed by atoms with E-state index in [1.807, 2.05) is 24.3 Å². The lowest BCUT2D eigenvalue weighted by atomic mass is 10.1. The van der Waals surface area contributed by atoms with Crippen molar-refractivity contribution in [1.29, 1.82) is 0 Å². The van der Waals surface area contributed by atoms with Crippen LogP contribution in [0.15, 0.2) is 24.3 Å². The second-order valence-corrected chi connectivity index (χ2v) is 4.67. The van der Waals surface area contributed by atoms with Crippen LogP contribution in [0.25, 0.3) is 0 Å². The van der Waals surface area contributed by atoms with Gasteiger partial charge >= 0.3 is 0 Å². The van der Waals surface area contributed by atoms with E-state index in [0.29, 0.717) is 13.2 Å². The molecule has 0 aliphatic rings. The molecule has 0 aliphatic heterocycles. The molecule has 0 fully saturated rings. The Balaban J connectivity index is 2.17. The summed E-state index contributed by atoms with van der Waals surface area (Å²) in [6.45, 7) is 3.01. The standard InChI is InChI=1S/C17H24O3/c1-3-4-5-7-16(18)8-6-13-20-14-15-9-11-17(19-2)12-10-15/h9-12,16,18H,3-5,7,13-14H2,1-2H3/t16-/m0/s1. The second-order valence-electron chi connectivity index (χ2n) is 4.67. The number of aliphatic hydroxyl groups is 1. The average molecular weight is 276 g/mol. The predicted molar refractivity (Wildman–Crippen MR) is 80.6 cm³/mol. The molecule has 1 aromatic carbocycles. The molecule has 0 aliphatic carbocycles. The van der Waals surface area contributed by atoms with Crippen LogP contribution in [0, 0.1) is 11.8 Å². The van der Waals surface area contributed by atoms with Crippen LogP contribution in [0.1, 0.15) is 38.2 Å². The summed E-state index contributed by atoms with van der Waals surface area (Å²) >= 11 is 0. The number of hydrogen-bond donors (Lipinski definition) is 1. The van der Waals surface area contributed by atoms with Gasteiger partial charge in [0, 0.05) is 0 Å². The highest BCUT2D eigenvalue weighted by Gasteiger charge is 1.97. The van der Waals surface area contributed by atoms with Gasteiger partial charge < -0.3 is 14.6 Å². The van der Waals surface area contributed by atoms with Gasteiger partial charge in [0.05, 0.1) is 13.7 Å². The molecule has 1 aromatic rings. The van der Waals surface area contributed by atoms with E-state index < -0.39 is 6.10 Å². The number of ether oxygens (including phenoxy) is 2. The largest absolute Gasteiger partial charge is 0.497 e. The molecule has 1 atom stereocenters. The van der Waals surface area contributed by atoms with Gasteiger partial charge in [-0.1, -0.05) is 43.7 Å². The molecule has 0 aromatic heterocycles. The van der Waals surface area contributed by atoms with Gasteiger partial charge in [-0.2, -0.15) is 0 Å². The zero-order chi connectivity index (χ0) is 14.6. The fourth-order valence-electron chi connectivity index (χ4n) is 1.76. The molecule has 0 heterocycles. The molecular weight excluding hydrogens is 252 g/mol. The summed E-state index contributed by atoms with van der Waals surface area (Å²) in [6, 6.07) is 7.74. The summed E-state index contributed by atoms with van der Waals surface area (Å²) < 4.78 is 10.5. The highest BCUT2D eigenvalue weighted by Crippen LogP contribution is 2.11. The summed E-state index contributed by atoms with van der Waals surface area (Å²) in [5.41, 5.74) is 1.08. The monoisotopic (exact) mass is 276 g/mol. The van der Waals surface area contributed by atoms with Crippen LogP contribution in [-0.4, -0.2) is 24.9 Å². The van der Waals surface area contributed by atoms with Crippen molar-refractivity contribution in [1.82, 2.24) is 0 Å². The molecule has 0 radical (unpaired) electrons. The molecule has 20 heavy (non-hydrogen) atoms. The first-order valence-electron chi connectivity index (χ1n) is 7.13. The van der Waals surface area contributed by atoms with E-state index >= 15 is 0 Å². The van der Waals surface area contributed by atoms with Gasteiger partial charge in [-0.25, -0.2) is 0 Å². The number of benzene rings is 1. The summed E-state index contributed by atoms with van der Waals surface area (Å²) in [5.74, 6) is 6.50. The third-order valence-electron chi connectivity index (χ3n) is 2.95. The fourth-order valence-corrected chi connectivity index (χ4v) is 1.76. The lowest BCUT2D eigenvalue weighted by Crippen LogP contribution is -2.03. The Morgan fingerprint density at radius 2 is 1.95 bits per heavy atom. The van der Waals surface area contributed by atoms with Crippen molar-refractivity contribution in [3.05, 3.63) is 29.8 Å². The Morgan fingerprint density at radius 1 is 1.20 bits per heavy atom. The fraction of sp³-hybridized carbons (Fsp3) is 0.529. The summed E-state index contributed by atoms with van der Waals surface area (Å²) in [6.07, 6.45) is 3.56. The molecular formula is C17H24O3. The van der Waals surface area contributed by atoms with Crippen LogP contribution in [-0.2, 0) is 11.3 Å². The molecule has 1 N–H and O–H groups in total. The van der Waals surface area contributed by atoms with Crippen molar-refractivity contribution in [2.75, 3.05) is 13.7 Å². The smallest absolute Gasteiger partial charge is 0.118 e. The maximum absolute atomic E-state index is 9.61.